The lowest BCUT2D eigenvalue weighted by atomic mass is 9.68. The number of nitro benzene ring substituents is 1. The summed E-state index contributed by atoms with van der Waals surface area (Å²) in [7, 11) is 3.25. The quantitative estimate of drug-likeness (QED) is 0.520. The molecule has 0 amide bonds. The number of nitrogens with zero attached hydrogens (tertiary/aromatic N) is 1. The molecule has 2 aromatic carbocycles. The van der Waals surface area contributed by atoms with Crippen molar-refractivity contribution in [3.63, 3.8) is 0 Å². The Labute approximate surface area is 170 Å². The lowest BCUT2D eigenvalue weighted by molar-refractivity contribution is -0.384. The van der Waals surface area contributed by atoms with E-state index in [0.717, 1.165) is 37.8 Å². The number of methoxy groups -OCH3 is 2. The third-order valence-electron chi connectivity index (χ3n) is 5.85. The molecule has 1 aliphatic carbocycles. The third-order valence-corrected chi connectivity index (χ3v) is 5.85. The number of hydrogen-bond acceptors (Lipinski definition) is 6. The molecule has 0 heterocycles. The number of ether oxygens (including phenoxy) is 2. The van der Waals surface area contributed by atoms with Crippen LogP contribution < -0.4 is 14.8 Å². The number of rotatable bonds is 8. The van der Waals surface area contributed by atoms with E-state index in [4.69, 9.17) is 9.47 Å². The van der Waals surface area contributed by atoms with Crippen LogP contribution in [-0.4, -0.2) is 36.9 Å². The molecule has 3 rings (SSSR count). The number of aliphatic hydroxyl groups is 1. The molecule has 0 aliphatic heterocycles. The first-order chi connectivity index (χ1) is 14.0. The van der Waals surface area contributed by atoms with Crippen molar-refractivity contribution in [1.29, 1.82) is 0 Å². The van der Waals surface area contributed by atoms with Crippen LogP contribution in [0.5, 0.6) is 11.5 Å². The van der Waals surface area contributed by atoms with Gasteiger partial charge in [0.2, 0.25) is 0 Å². The van der Waals surface area contributed by atoms with Crippen LogP contribution in [0.1, 0.15) is 36.8 Å². The molecule has 29 heavy (non-hydrogen) atoms. The Kier molecular flexibility index (Phi) is 6.71. The molecule has 0 atom stereocenters. The highest BCUT2D eigenvalue weighted by Gasteiger charge is 2.36. The van der Waals surface area contributed by atoms with Gasteiger partial charge in [-0.05, 0) is 48.9 Å². The van der Waals surface area contributed by atoms with Gasteiger partial charge in [-0.2, -0.15) is 0 Å². The van der Waals surface area contributed by atoms with Gasteiger partial charge in [-0.25, -0.2) is 0 Å². The molecular weight excluding hydrogens is 372 g/mol. The summed E-state index contributed by atoms with van der Waals surface area (Å²) in [5.74, 6) is 1.40. The minimum absolute atomic E-state index is 0.0943. The number of non-ortho nitro benzene ring substituents is 1. The number of nitro groups is 1. The second kappa shape index (κ2) is 9.24. The van der Waals surface area contributed by atoms with Crippen LogP contribution in [0.3, 0.4) is 0 Å². The molecule has 156 valence electrons. The molecule has 1 fully saturated rings. The Morgan fingerprint density at radius 1 is 1.10 bits per heavy atom. The van der Waals surface area contributed by atoms with Gasteiger partial charge >= 0.3 is 0 Å². The first-order valence-electron chi connectivity index (χ1n) is 9.82. The van der Waals surface area contributed by atoms with E-state index in [1.165, 1.54) is 17.7 Å². The van der Waals surface area contributed by atoms with Gasteiger partial charge in [-0.3, -0.25) is 10.1 Å². The summed E-state index contributed by atoms with van der Waals surface area (Å²) in [5.41, 5.74) is 2.14. The number of benzene rings is 2. The lowest BCUT2D eigenvalue weighted by Gasteiger charge is -2.40. The van der Waals surface area contributed by atoms with E-state index in [1.807, 2.05) is 12.1 Å². The molecule has 0 radical (unpaired) electrons. The molecule has 0 spiro atoms. The Morgan fingerprint density at radius 2 is 1.76 bits per heavy atom. The second-order valence-electron chi connectivity index (χ2n) is 7.61. The van der Waals surface area contributed by atoms with Crippen LogP contribution in [0.25, 0.3) is 0 Å². The van der Waals surface area contributed by atoms with Gasteiger partial charge in [0.05, 0.1) is 25.2 Å². The fourth-order valence-corrected chi connectivity index (χ4v) is 4.07. The van der Waals surface area contributed by atoms with Crippen molar-refractivity contribution >= 4 is 5.69 Å². The second-order valence-corrected chi connectivity index (χ2v) is 7.61. The third kappa shape index (κ3) is 4.86. The number of hydrogen-bond donors (Lipinski definition) is 2. The molecule has 1 aliphatic rings. The van der Waals surface area contributed by atoms with Crippen LogP contribution >= 0.6 is 0 Å². The average Bonchev–Trinajstić information content (AvgIpc) is 2.75. The zero-order chi connectivity index (χ0) is 20.9. The molecule has 0 aromatic heterocycles. The first-order valence-corrected chi connectivity index (χ1v) is 9.82. The van der Waals surface area contributed by atoms with Crippen molar-refractivity contribution in [2.75, 3.05) is 20.8 Å². The topological polar surface area (TPSA) is 93.9 Å². The molecule has 2 aromatic rings. The number of aliphatic hydroxyl groups excluding tert-OH is 1. The van der Waals surface area contributed by atoms with Crippen molar-refractivity contribution in [1.82, 2.24) is 5.32 Å². The predicted molar refractivity (Wildman–Crippen MR) is 111 cm³/mol. The van der Waals surface area contributed by atoms with E-state index >= 15 is 0 Å². The molecule has 1 saturated carbocycles. The van der Waals surface area contributed by atoms with E-state index in [0.29, 0.717) is 18.0 Å². The first kappa shape index (κ1) is 21.1. The van der Waals surface area contributed by atoms with E-state index in [-0.39, 0.29) is 17.2 Å². The largest absolute Gasteiger partial charge is 0.493 e. The van der Waals surface area contributed by atoms with E-state index in [9.17, 15) is 15.2 Å². The normalized spacial score (nSPS) is 21.6. The maximum Gasteiger partial charge on any atom is 0.269 e. The van der Waals surface area contributed by atoms with Gasteiger partial charge in [0.1, 0.15) is 0 Å². The zero-order valence-electron chi connectivity index (χ0n) is 16.9. The standard InChI is InChI=1S/C22H28N2O5/c1-28-20-8-5-17(13-21(20)29-2)22(11-9-19(25)10-12-22)15-23-14-16-3-6-18(7-4-16)24(26)27/h3-8,13,19,23,25H,9-12,14-15H2,1-2H3. The van der Waals surface area contributed by atoms with Crippen LogP contribution in [0.4, 0.5) is 5.69 Å². The van der Waals surface area contributed by atoms with Crippen molar-refractivity contribution in [2.24, 2.45) is 0 Å². The van der Waals surface area contributed by atoms with E-state index < -0.39 is 4.92 Å². The highest BCUT2D eigenvalue weighted by Crippen LogP contribution is 2.42. The summed E-state index contributed by atoms with van der Waals surface area (Å²) in [4.78, 5) is 10.4. The summed E-state index contributed by atoms with van der Waals surface area (Å²) in [6.07, 6.45) is 3.01. The van der Waals surface area contributed by atoms with Gasteiger partial charge < -0.3 is 19.9 Å². The van der Waals surface area contributed by atoms with Crippen LogP contribution in [0.2, 0.25) is 0 Å². The predicted octanol–water partition coefficient (Wildman–Crippen LogP) is 3.57. The SMILES string of the molecule is COc1ccc(C2(CNCc3ccc([N+](=O)[O-])cc3)CCC(O)CC2)cc1OC. The minimum atomic E-state index is -0.392. The Balaban J connectivity index is 1.76. The fraction of sp³-hybridized carbons (Fsp3) is 0.455. The van der Waals surface area contributed by atoms with Crippen molar-refractivity contribution < 1.29 is 19.5 Å². The van der Waals surface area contributed by atoms with Gasteiger partial charge in [0.25, 0.3) is 5.69 Å². The molecule has 7 heteroatoms. The summed E-state index contributed by atoms with van der Waals surface area (Å²) in [6.45, 7) is 1.36. The maximum atomic E-state index is 10.8. The highest BCUT2D eigenvalue weighted by molar-refractivity contribution is 5.45. The van der Waals surface area contributed by atoms with Gasteiger partial charge in [0.15, 0.2) is 11.5 Å². The Hall–Kier alpha value is -2.64. The molecule has 0 saturated heterocycles. The average molecular weight is 400 g/mol. The molecule has 7 nitrogen and oxygen atoms in total. The van der Waals surface area contributed by atoms with E-state index in [2.05, 4.69) is 11.4 Å². The van der Waals surface area contributed by atoms with Gasteiger partial charge in [0, 0.05) is 30.6 Å². The summed E-state index contributed by atoms with van der Waals surface area (Å²) < 4.78 is 10.9. The molecular formula is C22H28N2O5. The summed E-state index contributed by atoms with van der Waals surface area (Å²) >= 11 is 0. The fourth-order valence-electron chi connectivity index (χ4n) is 4.07. The monoisotopic (exact) mass is 400 g/mol. The highest BCUT2D eigenvalue weighted by atomic mass is 16.6. The Bertz CT molecular complexity index is 830. The van der Waals surface area contributed by atoms with Crippen molar-refractivity contribution in [2.45, 2.75) is 43.7 Å². The molecule has 0 unspecified atom stereocenters. The number of nitrogens with one attached hydrogen (secondary N) is 1. The smallest absolute Gasteiger partial charge is 0.269 e. The lowest BCUT2D eigenvalue weighted by Crippen LogP contribution is -2.42. The molecule has 2 N–H and O–H groups in total. The van der Waals surface area contributed by atoms with Crippen molar-refractivity contribution in [3.8, 4) is 11.5 Å². The van der Waals surface area contributed by atoms with Crippen LogP contribution in [-0.2, 0) is 12.0 Å². The summed E-state index contributed by atoms with van der Waals surface area (Å²) in [6, 6.07) is 12.6. The zero-order valence-corrected chi connectivity index (χ0v) is 16.9. The van der Waals surface area contributed by atoms with Crippen molar-refractivity contribution in [3.05, 3.63) is 63.7 Å². The Morgan fingerprint density at radius 3 is 2.34 bits per heavy atom. The summed E-state index contributed by atoms with van der Waals surface area (Å²) in [5, 5.41) is 24.3. The minimum Gasteiger partial charge on any atom is -0.493 e. The van der Waals surface area contributed by atoms with Crippen LogP contribution in [0.15, 0.2) is 42.5 Å². The van der Waals surface area contributed by atoms with E-state index in [1.54, 1.807) is 26.4 Å². The van der Waals surface area contributed by atoms with Crippen LogP contribution in [0, 0.1) is 10.1 Å². The maximum absolute atomic E-state index is 10.8. The molecule has 0 bridgehead atoms. The van der Waals surface area contributed by atoms with Gasteiger partial charge in [-0.1, -0.05) is 18.2 Å². The van der Waals surface area contributed by atoms with Gasteiger partial charge in [-0.15, -0.1) is 0 Å².